The van der Waals surface area contributed by atoms with E-state index < -0.39 is 11.4 Å². The topological polar surface area (TPSA) is 57.5 Å². The molecule has 1 aromatic rings. The zero-order valence-corrected chi connectivity index (χ0v) is 26.5. The molecule has 0 aliphatic carbocycles. The highest BCUT2D eigenvalue weighted by atomic mass is 16.4. The third-order valence-electron chi connectivity index (χ3n) is 8.30. The van der Waals surface area contributed by atoms with Crippen molar-refractivity contribution in [1.82, 2.24) is 0 Å². The minimum atomic E-state index is -0.742. The van der Waals surface area contributed by atoms with Gasteiger partial charge in [0.1, 0.15) is 5.75 Å². The summed E-state index contributed by atoms with van der Waals surface area (Å²) in [5.41, 5.74) is 1.72. The van der Waals surface area contributed by atoms with Gasteiger partial charge < -0.3 is 10.2 Å². The minimum absolute atomic E-state index is 0.219. The summed E-state index contributed by atoms with van der Waals surface area (Å²) in [4.78, 5) is 13.0. The lowest BCUT2D eigenvalue weighted by atomic mass is 9.71. The highest BCUT2D eigenvalue weighted by Gasteiger charge is 2.38. The molecule has 2 N–H and O–H groups in total. The number of carbonyl (C=O) groups is 1. The molecule has 0 saturated carbocycles. The first-order valence-corrected chi connectivity index (χ1v) is 15.9. The molecule has 0 saturated heterocycles. The van der Waals surface area contributed by atoms with Crippen molar-refractivity contribution in [3.05, 3.63) is 28.8 Å². The standard InChI is InChI=1S/C35H62O3/c1-9-11-13-15-17-18-20-22-24-35(32(37)38,23-21-19-16-14-12-10-2)27-28-25-29(33(3,4)5)31(36)30(26-28)34(6,7)8/h25-26,36H,9-24,27H2,1-8H3,(H,37,38). The summed E-state index contributed by atoms with van der Waals surface area (Å²) in [6.07, 6.45) is 18.8. The molecule has 0 fully saturated rings. The number of carboxylic acid groups (broad SMARTS) is 1. The Labute approximate surface area is 236 Å². The first-order chi connectivity index (χ1) is 17.8. The van der Waals surface area contributed by atoms with Gasteiger partial charge in [-0.2, -0.15) is 0 Å². The van der Waals surface area contributed by atoms with Gasteiger partial charge in [0.05, 0.1) is 5.41 Å². The van der Waals surface area contributed by atoms with Crippen LogP contribution in [0.1, 0.15) is 175 Å². The maximum absolute atomic E-state index is 13.0. The number of hydrogen-bond donors (Lipinski definition) is 2. The first kappa shape index (κ1) is 34.5. The van der Waals surface area contributed by atoms with Crippen LogP contribution < -0.4 is 0 Å². The van der Waals surface area contributed by atoms with Gasteiger partial charge >= 0.3 is 5.97 Å². The molecule has 0 aliphatic rings. The zero-order chi connectivity index (χ0) is 28.8. The second-order valence-electron chi connectivity index (χ2n) is 14.0. The fourth-order valence-corrected chi connectivity index (χ4v) is 5.76. The summed E-state index contributed by atoms with van der Waals surface area (Å²) in [5, 5.41) is 21.9. The van der Waals surface area contributed by atoms with Crippen molar-refractivity contribution in [3.63, 3.8) is 0 Å². The number of phenolic OH excluding ortho intramolecular Hbond substituents is 1. The van der Waals surface area contributed by atoms with Gasteiger partial charge in [-0.15, -0.1) is 0 Å². The summed E-state index contributed by atoms with van der Waals surface area (Å²) in [6.45, 7) is 17.2. The molecule has 0 aromatic heterocycles. The van der Waals surface area contributed by atoms with E-state index in [1.807, 2.05) is 0 Å². The molecule has 1 atom stereocenters. The zero-order valence-electron chi connectivity index (χ0n) is 26.5. The quantitative estimate of drug-likeness (QED) is 0.175. The number of benzene rings is 1. The first-order valence-electron chi connectivity index (χ1n) is 15.9. The Morgan fingerprint density at radius 1 is 0.632 bits per heavy atom. The molecule has 0 radical (unpaired) electrons. The summed E-state index contributed by atoms with van der Waals surface area (Å²) in [6, 6.07) is 4.19. The molecule has 3 nitrogen and oxygen atoms in total. The lowest BCUT2D eigenvalue weighted by molar-refractivity contribution is -0.150. The van der Waals surface area contributed by atoms with Crippen LogP contribution in [-0.4, -0.2) is 16.2 Å². The Morgan fingerprint density at radius 2 is 0.974 bits per heavy atom. The highest BCUT2D eigenvalue weighted by molar-refractivity contribution is 5.75. The number of rotatable bonds is 19. The molecule has 1 aromatic carbocycles. The van der Waals surface area contributed by atoms with Crippen molar-refractivity contribution in [2.75, 3.05) is 0 Å². The molecule has 0 aliphatic heterocycles. The van der Waals surface area contributed by atoms with Crippen LogP contribution >= 0.6 is 0 Å². The lowest BCUT2D eigenvalue weighted by Gasteiger charge is -2.33. The Morgan fingerprint density at radius 3 is 1.29 bits per heavy atom. The van der Waals surface area contributed by atoms with Crippen molar-refractivity contribution < 1.29 is 15.0 Å². The smallest absolute Gasteiger partial charge is 0.309 e. The fraction of sp³-hybridized carbons (Fsp3) is 0.800. The van der Waals surface area contributed by atoms with Gasteiger partial charge in [0, 0.05) is 0 Å². The Hall–Kier alpha value is -1.51. The molecule has 3 heteroatoms. The van der Waals surface area contributed by atoms with E-state index in [0.717, 1.165) is 55.2 Å². The second kappa shape index (κ2) is 16.6. The molecule has 220 valence electrons. The van der Waals surface area contributed by atoms with Crippen LogP contribution in [0.25, 0.3) is 0 Å². The fourth-order valence-electron chi connectivity index (χ4n) is 5.76. The van der Waals surface area contributed by atoms with Crippen molar-refractivity contribution in [3.8, 4) is 5.75 Å². The molecule has 38 heavy (non-hydrogen) atoms. The SMILES string of the molecule is CCCCCCCCCCC(CCCCCCCC)(Cc1cc(C(C)(C)C)c(O)c(C(C)(C)C)c1)C(=O)O. The number of carboxylic acids is 1. The van der Waals surface area contributed by atoms with Crippen LogP contribution in [0.3, 0.4) is 0 Å². The second-order valence-corrected chi connectivity index (χ2v) is 14.0. The van der Waals surface area contributed by atoms with Gasteiger partial charge in [-0.05, 0) is 46.8 Å². The van der Waals surface area contributed by atoms with Gasteiger partial charge in [-0.1, -0.05) is 157 Å². The molecule has 0 heterocycles. The van der Waals surface area contributed by atoms with Crippen molar-refractivity contribution in [2.24, 2.45) is 5.41 Å². The molecule has 0 bridgehead atoms. The van der Waals surface area contributed by atoms with Gasteiger partial charge in [0.15, 0.2) is 0 Å². The number of aromatic hydroxyl groups is 1. The lowest BCUT2D eigenvalue weighted by Crippen LogP contribution is -2.34. The number of hydrogen-bond acceptors (Lipinski definition) is 2. The van der Waals surface area contributed by atoms with Crippen molar-refractivity contribution in [1.29, 1.82) is 0 Å². The maximum Gasteiger partial charge on any atom is 0.309 e. The summed E-state index contributed by atoms with van der Waals surface area (Å²) >= 11 is 0. The number of aliphatic carboxylic acids is 1. The van der Waals surface area contributed by atoms with Crippen LogP contribution in [0.2, 0.25) is 0 Å². The monoisotopic (exact) mass is 530 g/mol. The van der Waals surface area contributed by atoms with Gasteiger partial charge in [0.2, 0.25) is 0 Å². The Balaban J connectivity index is 3.19. The number of phenols is 1. The van der Waals surface area contributed by atoms with E-state index in [2.05, 4.69) is 67.5 Å². The largest absolute Gasteiger partial charge is 0.507 e. The van der Waals surface area contributed by atoms with Crippen molar-refractivity contribution in [2.45, 2.75) is 175 Å². The number of unbranched alkanes of at least 4 members (excludes halogenated alkanes) is 12. The van der Waals surface area contributed by atoms with E-state index in [9.17, 15) is 15.0 Å². The molecular weight excluding hydrogens is 468 g/mol. The van der Waals surface area contributed by atoms with Crippen LogP contribution in [0.15, 0.2) is 12.1 Å². The molecule has 1 unspecified atom stereocenters. The van der Waals surface area contributed by atoms with E-state index in [1.54, 1.807) is 0 Å². The van der Waals surface area contributed by atoms with Crippen LogP contribution in [0.4, 0.5) is 0 Å². The van der Waals surface area contributed by atoms with Gasteiger partial charge in [0.25, 0.3) is 0 Å². The van der Waals surface area contributed by atoms with E-state index >= 15 is 0 Å². The molecule has 0 amide bonds. The predicted octanol–water partition coefficient (Wildman–Crippen LogP) is 10.9. The van der Waals surface area contributed by atoms with Crippen LogP contribution in [0, 0.1) is 5.41 Å². The Kier molecular flexibility index (Phi) is 15.0. The van der Waals surface area contributed by atoms with E-state index in [-0.39, 0.29) is 10.8 Å². The average molecular weight is 531 g/mol. The van der Waals surface area contributed by atoms with Gasteiger partial charge in [-0.3, -0.25) is 4.79 Å². The third kappa shape index (κ3) is 11.7. The molecule has 1 rings (SSSR count). The van der Waals surface area contributed by atoms with E-state index in [4.69, 9.17) is 0 Å². The molecule has 0 spiro atoms. The predicted molar refractivity (Wildman–Crippen MR) is 164 cm³/mol. The Bertz CT molecular complexity index is 776. The minimum Gasteiger partial charge on any atom is -0.507 e. The highest BCUT2D eigenvalue weighted by Crippen LogP contribution is 2.43. The van der Waals surface area contributed by atoms with Crippen LogP contribution in [0.5, 0.6) is 5.75 Å². The summed E-state index contributed by atoms with van der Waals surface area (Å²) in [7, 11) is 0. The normalized spacial score (nSPS) is 14.0. The maximum atomic E-state index is 13.0. The summed E-state index contributed by atoms with van der Waals surface area (Å²) < 4.78 is 0. The molecular formula is C35H62O3. The third-order valence-corrected chi connectivity index (χ3v) is 8.30. The van der Waals surface area contributed by atoms with E-state index in [1.165, 1.54) is 64.2 Å². The summed E-state index contributed by atoms with van der Waals surface area (Å²) in [5.74, 6) is -0.273. The van der Waals surface area contributed by atoms with Gasteiger partial charge in [-0.25, -0.2) is 0 Å². The van der Waals surface area contributed by atoms with E-state index in [0.29, 0.717) is 12.2 Å². The van der Waals surface area contributed by atoms with Crippen LogP contribution in [-0.2, 0) is 22.0 Å². The van der Waals surface area contributed by atoms with Crippen molar-refractivity contribution >= 4 is 5.97 Å². The average Bonchev–Trinajstić information content (AvgIpc) is 2.82.